The Hall–Kier alpha value is -4.09. The summed E-state index contributed by atoms with van der Waals surface area (Å²) in [5.74, 6) is 0.602. The molecule has 0 fully saturated rings. The van der Waals surface area contributed by atoms with Crippen molar-refractivity contribution in [3.05, 3.63) is 108 Å². The zero-order valence-corrected chi connectivity index (χ0v) is 22.6. The average Bonchev–Trinajstić information content (AvgIpc) is 3.44. The van der Waals surface area contributed by atoms with Crippen LogP contribution in [-0.2, 0) is 6.42 Å². The number of hydrogen-bond donors (Lipinski definition) is 3. The van der Waals surface area contributed by atoms with Crippen LogP contribution in [0.3, 0.4) is 0 Å². The molecule has 0 unspecified atom stereocenters. The maximum atomic E-state index is 9.03. The average molecular weight is 560 g/mol. The molecule has 0 spiro atoms. The van der Waals surface area contributed by atoms with Crippen molar-refractivity contribution in [1.29, 1.82) is 5.26 Å². The summed E-state index contributed by atoms with van der Waals surface area (Å²) in [6.07, 6.45) is 6.31. The monoisotopic (exact) mass is 558 g/mol. The Morgan fingerprint density at radius 2 is 1.74 bits per heavy atom. The highest BCUT2D eigenvalue weighted by molar-refractivity contribution is 5.85. The number of halogens is 2. The van der Waals surface area contributed by atoms with Crippen LogP contribution in [0.2, 0.25) is 0 Å². The van der Waals surface area contributed by atoms with Gasteiger partial charge in [0.1, 0.15) is 11.8 Å². The molecule has 1 aliphatic heterocycles. The molecule has 3 aromatic heterocycles. The van der Waals surface area contributed by atoms with Gasteiger partial charge in [-0.15, -0.1) is 24.8 Å². The zero-order valence-electron chi connectivity index (χ0n) is 21.0. The van der Waals surface area contributed by atoms with Crippen molar-refractivity contribution in [1.82, 2.24) is 20.3 Å². The number of pyridine rings is 2. The molecule has 1 aliphatic rings. The molecular weight excluding hydrogens is 531 g/mol. The number of rotatable bonds is 7. The first-order valence-electron chi connectivity index (χ1n) is 12.4. The van der Waals surface area contributed by atoms with Crippen molar-refractivity contribution >= 4 is 41.5 Å². The standard InChI is InChI=1S/C30H26N6O.2ClH/c31-16-21-8-6-20(7-9-21)10-12-32-28(22-4-2-1-3-5-22)27-19-34-26-15-25(18-36-30(26)37-27)24-14-23-11-13-33-29(23)35-17-24;;/h1-9,11,13-15,17-18,27-28,32,34H,10,12,19H2,(H,33,35);2*1H/t27-,28+;;/m0../s1. The molecule has 0 bridgehead atoms. The number of ether oxygens (including phenoxy) is 1. The minimum atomic E-state index is -0.132. The zero-order chi connectivity index (χ0) is 25.0. The first-order valence-corrected chi connectivity index (χ1v) is 12.4. The van der Waals surface area contributed by atoms with E-state index in [4.69, 9.17) is 10.00 Å². The van der Waals surface area contributed by atoms with Crippen molar-refractivity contribution in [3.63, 3.8) is 0 Å². The molecule has 5 aromatic rings. The van der Waals surface area contributed by atoms with Gasteiger partial charge in [0.15, 0.2) is 0 Å². The van der Waals surface area contributed by atoms with Gasteiger partial charge in [-0.25, -0.2) is 9.97 Å². The van der Waals surface area contributed by atoms with Crippen molar-refractivity contribution in [3.8, 4) is 23.1 Å². The first kappa shape index (κ1) is 27.9. The van der Waals surface area contributed by atoms with E-state index in [1.807, 2.05) is 55.0 Å². The van der Waals surface area contributed by atoms with Crippen molar-refractivity contribution in [2.75, 3.05) is 18.4 Å². The quantitative estimate of drug-likeness (QED) is 0.223. The predicted molar refractivity (Wildman–Crippen MR) is 159 cm³/mol. The second-order valence-electron chi connectivity index (χ2n) is 9.15. The summed E-state index contributed by atoms with van der Waals surface area (Å²) < 4.78 is 6.44. The van der Waals surface area contributed by atoms with Gasteiger partial charge in [0, 0.05) is 35.1 Å². The molecule has 7 nitrogen and oxygen atoms in total. The molecule has 0 saturated carbocycles. The van der Waals surface area contributed by atoms with Crippen LogP contribution in [-0.4, -0.2) is 34.1 Å². The van der Waals surface area contributed by atoms with Crippen LogP contribution in [0.25, 0.3) is 22.2 Å². The number of nitriles is 1. The second-order valence-corrected chi connectivity index (χ2v) is 9.15. The van der Waals surface area contributed by atoms with E-state index < -0.39 is 0 Å². The normalized spacial score (nSPS) is 14.5. The van der Waals surface area contributed by atoms with Crippen LogP contribution in [0.15, 0.2) is 91.4 Å². The van der Waals surface area contributed by atoms with Crippen LogP contribution < -0.4 is 15.4 Å². The Labute approximate surface area is 239 Å². The SMILES string of the molecule is Cl.Cl.N#Cc1ccc(CCN[C@H](c2ccccc2)[C@@H]2CNc3cc(-c4cnc5[nH]ccc5c4)cnc3O2)cc1. The lowest BCUT2D eigenvalue weighted by molar-refractivity contribution is 0.150. The smallest absolute Gasteiger partial charge is 0.237 e. The molecule has 6 rings (SSSR count). The maximum Gasteiger partial charge on any atom is 0.237 e. The van der Waals surface area contributed by atoms with Crippen LogP contribution >= 0.6 is 24.8 Å². The van der Waals surface area contributed by atoms with Gasteiger partial charge in [0.2, 0.25) is 5.88 Å². The van der Waals surface area contributed by atoms with Crippen molar-refractivity contribution < 1.29 is 4.74 Å². The minimum absolute atomic E-state index is 0. The summed E-state index contributed by atoms with van der Waals surface area (Å²) in [6.45, 7) is 1.43. The fourth-order valence-corrected chi connectivity index (χ4v) is 4.75. The van der Waals surface area contributed by atoms with Gasteiger partial charge >= 0.3 is 0 Å². The number of aromatic nitrogens is 3. The highest BCUT2D eigenvalue weighted by Gasteiger charge is 2.29. The number of fused-ring (bicyclic) bond motifs is 2. The molecule has 2 atom stereocenters. The van der Waals surface area contributed by atoms with Gasteiger partial charge in [0.05, 0.1) is 29.9 Å². The summed E-state index contributed by atoms with van der Waals surface area (Å²) in [6, 6.07) is 26.5. The van der Waals surface area contributed by atoms with E-state index in [-0.39, 0.29) is 37.0 Å². The first-order chi connectivity index (χ1) is 18.3. The molecule has 3 N–H and O–H groups in total. The van der Waals surface area contributed by atoms with Crippen LogP contribution in [0.1, 0.15) is 22.7 Å². The Bertz CT molecular complexity index is 1570. The van der Waals surface area contributed by atoms with Gasteiger partial charge in [-0.1, -0.05) is 42.5 Å². The summed E-state index contributed by atoms with van der Waals surface area (Å²) >= 11 is 0. The Morgan fingerprint density at radius 1 is 0.974 bits per heavy atom. The topological polar surface area (TPSA) is 98.7 Å². The summed E-state index contributed by atoms with van der Waals surface area (Å²) in [7, 11) is 0. The van der Waals surface area contributed by atoms with E-state index >= 15 is 0 Å². The Morgan fingerprint density at radius 3 is 2.54 bits per heavy atom. The molecule has 4 heterocycles. The highest BCUT2D eigenvalue weighted by atomic mass is 35.5. The van der Waals surface area contributed by atoms with E-state index in [9.17, 15) is 0 Å². The third-order valence-corrected chi connectivity index (χ3v) is 6.73. The van der Waals surface area contributed by atoms with Crippen LogP contribution in [0.5, 0.6) is 5.88 Å². The van der Waals surface area contributed by atoms with E-state index in [2.05, 4.69) is 68.1 Å². The summed E-state index contributed by atoms with van der Waals surface area (Å²) in [5.41, 5.74) is 6.79. The van der Waals surface area contributed by atoms with Gasteiger partial charge in [-0.05, 0) is 54.4 Å². The van der Waals surface area contributed by atoms with Crippen LogP contribution in [0.4, 0.5) is 5.69 Å². The number of anilines is 1. The number of H-pyrrole nitrogens is 1. The lowest BCUT2D eigenvalue weighted by Crippen LogP contribution is -2.43. The lowest BCUT2D eigenvalue weighted by atomic mass is 9.99. The molecule has 9 heteroatoms. The van der Waals surface area contributed by atoms with Crippen LogP contribution in [0, 0.1) is 11.3 Å². The Kier molecular flexibility index (Phi) is 9.05. The number of nitrogens with zero attached hydrogens (tertiary/aromatic N) is 3. The van der Waals surface area contributed by atoms with E-state index in [1.54, 1.807) is 0 Å². The third kappa shape index (κ3) is 6.15. The van der Waals surface area contributed by atoms with Crippen molar-refractivity contribution in [2.45, 2.75) is 18.6 Å². The fourth-order valence-electron chi connectivity index (χ4n) is 4.75. The molecular formula is C30H28Cl2N6O. The fraction of sp³-hybridized carbons (Fsp3) is 0.167. The molecule has 0 radical (unpaired) electrons. The number of nitrogens with one attached hydrogen (secondary N) is 3. The number of benzene rings is 2. The Balaban J connectivity index is 0.00000176. The van der Waals surface area contributed by atoms with Crippen molar-refractivity contribution in [2.24, 2.45) is 0 Å². The van der Waals surface area contributed by atoms with Gasteiger partial charge < -0.3 is 20.4 Å². The van der Waals surface area contributed by atoms with Gasteiger partial charge in [0.25, 0.3) is 0 Å². The summed E-state index contributed by atoms with van der Waals surface area (Å²) in [5, 5.41) is 17.3. The molecule has 39 heavy (non-hydrogen) atoms. The minimum Gasteiger partial charge on any atom is -0.469 e. The van der Waals surface area contributed by atoms with E-state index in [0.29, 0.717) is 18.0 Å². The largest absolute Gasteiger partial charge is 0.469 e. The van der Waals surface area contributed by atoms with E-state index in [1.165, 1.54) is 11.1 Å². The molecule has 198 valence electrons. The molecule has 0 saturated heterocycles. The number of hydrogen-bond acceptors (Lipinski definition) is 6. The van der Waals surface area contributed by atoms with E-state index in [0.717, 1.165) is 40.8 Å². The molecule has 0 amide bonds. The van der Waals surface area contributed by atoms with Gasteiger partial charge in [-0.3, -0.25) is 0 Å². The maximum absolute atomic E-state index is 9.03. The summed E-state index contributed by atoms with van der Waals surface area (Å²) in [4.78, 5) is 12.3. The third-order valence-electron chi connectivity index (χ3n) is 6.73. The second kappa shape index (κ2) is 12.6. The molecule has 0 aliphatic carbocycles. The molecule has 2 aromatic carbocycles. The van der Waals surface area contributed by atoms with Gasteiger partial charge in [-0.2, -0.15) is 5.26 Å². The predicted octanol–water partition coefficient (Wildman–Crippen LogP) is 6.09. The highest BCUT2D eigenvalue weighted by Crippen LogP contribution is 2.34. The lowest BCUT2D eigenvalue weighted by Gasteiger charge is -2.33. The number of aromatic amines is 1.